The molecule has 2 aromatic rings. The monoisotopic (exact) mass is 268 g/mol. The number of benzene rings is 2. The molecule has 2 aromatic carbocycles. The van der Waals surface area contributed by atoms with E-state index in [1.165, 1.54) is 28.1 Å². The van der Waals surface area contributed by atoms with Crippen molar-refractivity contribution in [2.24, 2.45) is 0 Å². The Hall–Kier alpha value is -1.96. The summed E-state index contributed by atoms with van der Waals surface area (Å²) < 4.78 is 0. The summed E-state index contributed by atoms with van der Waals surface area (Å²) >= 11 is 0. The van der Waals surface area contributed by atoms with E-state index in [2.05, 4.69) is 80.5 Å². The molecule has 0 saturated carbocycles. The second kappa shape index (κ2) is 6.47. The summed E-state index contributed by atoms with van der Waals surface area (Å²) in [5, 5.41) is 3.48. The molecule has 0 aliphatic heterocycles. The van der Waals surface area contributed by atoms with Gasteiger partial charge in [0.25, 0.3) is 0 Å². The second-order valence-corrected chi connectivity index (χ2v) is 5.51. The molecule has 2 nitrogen and oxygen atoms in total. The van der Waals surface area contributed by atoms with Crippen molar-refractivity contribution in [3.05, 3.63) is 59.2 Å². The van der Waals surface area contributed by atoms with Gasteiger partial charge in [0.2, 0.25) is 0 Å². The predicted octanol–water partition coefficient (Wildman–Crippen LogP) is 4.16. The third-order valence-corrected chi connectivity index (χ3v) is 3.56. The third kappa shape index (κ3) is 3.77. The molecule has 2 rings (SSSR count). The first kappa shape index (κ1) is 14.4. The number of nitrogens with zero attached hydrogens (tertiary/aromatic N) is 1. The Bertz CT molecular complexity index is 575. The van der Waals surface area contributed by atoms with E-state index in [0.717, 1.165) is 13.1 Å². The van der Waals surface area contributed by atoms with Crippen LogP contribution in [0, 0.1) is 20.8 Å². The van der Waals surface area contributed by atoms with Crippen LogP contribution in [0.4, 0.5) is 11.4 Å². The molecule has 0 fully saturated rings. The van der Waals surface area contributed by atoms with Gasteiger partial charge in [-0.25, -0.2) is 0 Å². The van der Waals surface area contributed by atoms with Crippen molar-refractivity contribution in [3.63, 3.8) is 0 Å². The summed E-state index contributed by atoms with van der Waals surface area (Å²) in [6.07, 6.45) is 0. The van der Waals surface area contributed by atoms with Crippen molar-refractivity contribution in [1.29, 1.82) is 0 Å². The van der Waals surface area contributed by atoms with E-state index in [1.54, 1.807) is 0 Å². The van der Waals surface area contributed by atoms with Gasteiger partial charge in [-0.15, -0.1) is 0 Å². The highest BCUT2D eigenvalue weighted by atomic mass is 15.1. The Morgan fingerprint density at radius 3 is 2.40 bits per heavy atom. The molecule has 0 spiro atoms. The molecule has 106 valence electrons. The number of likely N-dealkylation sites (N-methyl/N-ethyl adjacent to an activating group) is 1. The maximum absolute atomic E-state index is 3.48. The van der Waals surface area contributed by atoms with Gasteiger partial charge >= 0.3 is 0 Å². The van der Waals surface area contributed by atoms with Crippen LogP contribution in [-0.2, 0) is 0 Å². The van der Waals surface area contributed by atoms with Crippen molar-refractivity contribution in [3.8, 4) is 0 Å². The molecule has 2 heteroatoms. The molecule has 0 aliphatic carbocycles. The van der Waals surface area contributed by atoms with Gasteiger partial charge in [-0.05, 0) is 50.1 Å². The van der Waals surface area contributed by atoms with Crippen LogP contribution >= 0.6 is 0 Å². The van der Waals surface area contributed by atoms with Crippen LogP contribution < -0.4 is 10.2 Å². The van der Waals surface area contributed by atoms with Gasteiger partial charge in [-0.1, -0.05) is 29.8 Å². The van der Waals surface area contributed by atoms with Crippen LogP contribution in [0.25, 0.3) is 0 Å². The number of hydrogen-bond acceptors (Lipinski definition) is 2. The Morgan fingerprint density at radius 1 is 0.950 bits per heavy atom. The highest BCUT2D eigenvalue weighted by Crippen LogP contribution is 2.19. The van der Waals surface area contributed by atoms with Gasteiger partial charge < -0.3 is 10.2 Å². The van der Waals surface area contributed by atoms with Crippen LogP contribution in [0.2, 0.25) is 0 Å². The SMILES string of the molecule is Cc1cccc(NCCN(C)c2ccc(C)cc2C)c1. The van der Waals surface area contributed by atoms with E-state index in [-0.39, 0.29) is 0 Å². The molecular formula is C18H24N2. The number of anilines is 2. The molecule has 20 heavy (non-hydrogen) atoms. The minimum Gasteiger partial charge on any atom is -0.383 e. The minimum atomic E-state index is 0.938. The van der Waals surface area contributed by atoms with Gasteiger partial charge in [-0.3, -0.25) is 0 Å². The number of nitrogens with one attached hydrogen (secondary N) is 1. The predicted molar refractivity (Wildman–Crippen MR) is 88.9 cm³/mol. The van der Waals surface area contributed by atoms with Gasteiger partial charge in [-0.2, -0.15) is 0 Å². The Labute approximate surface area is 122 Å². The minimum absolute atomic E-state index is 0.938. The zero-order valence-electron chi connectivity index (χ0n) is 12.9. The maximum Gasteiger partial charge on any atom is 0.0394 e. The fourth-order valence-corrected chi connectivity index (χ4v) is 2.48. The van der Waals surface area contributed by atoms with Crippen molar-refractivity contribution in [2.45, 2.75) is 20.8 Å². The summed E-state index contributed by atoms with van der Waals surface area (Å²) in [7, 11) is 2.15. The lowest BCUT2D eigenvalue weighted by Crippen LogP contribution is -2.25. The molecule has 0 atom stereocenters. The lowest BCUT2D eigenvalue weighted by Gasteiger charge is -2.22. The van der Waals surface area contributed by atoms with Gasteiger partial charge in [0.05, 0.1) is 0 Å². The van der Waals surface area contributed by atoms with Gasteiger partial charge in [0.15, 0.2) is 0 Å². The highest BCUT2D eigenvalue weighted by molar-refractivity contribution is 5.54. The molecule has 0 aromatic heterocycles. The number of aryl methyl sites for hydroxylation is 3. The average Bonchev–Trinajstić information content (AvgIpc) is 2.38. The van der Waals surface area contributed by atoms with Crippen LogP contribution in [-0.4, -0.2) is 20.1 Å². The Morgan fingerprint density at radius 2 is 1.70 bits per heavy atom. The first-order valence-electron chi connectivity index (χ1n) is 7.15. The van der Waals surface area contributed by atoms with Crippen LogP contribution in [0.1, 0.15) is 16.7 Å². The fraction of sp³-hybridized carbons (Fsp3) is 0.333. The molecule has 0 heterocycles. The molecule has 0 aliphatic rings. The van der Waals surface area contributed by atoms with E-state index >= 15 is 0 Å². The largest absolute Gasteiger partial charge is 0.383 e. The summed E-state index contributed by atoms with van der Waals surface area (Å²) in [5.41, 5.74) is 6.44. The lowest BCUT2D eigenvalue weighted by atomic mass is 10.1. The molecule has 0 radical (unpaired) electrons. The van der Waals surface area contributed by atoms with Gasteiger partial charge in [0, 0.05) is 31.5 Å². The van der Waals surface area contributed by atoms with Crippen LogP contribution in [0.5, 0.6) is 0 Å². The van der Waals surface area contributed by atoms with Crippen molar-refractivity contribution in [2.75, 3.05) is 30.4 Å². The van der Waals surface area contributed by atoms with Crippen molar-refractivity contribution in [1.82, 2.24) is 0 Å². The molecule has 0 unspecified atom stereocenters. The smallest absolute Gasteiger partial charge is 0.0394 e. The zero-order chi connectivity index (χ0) is 14.5. The zero-order valence-corrected chi connectivity index (χ0v) is 12.9. The molecule has 1 N–H and O–H groups in total. The Balaban J connectivity index is 1.90. The topological polar surface area (TPSA) is 15.3 Å². The molecule has 0 saturated heterocycles. The lowest BCUT2D eigenvalue weighted by molar-refractivity contribution is 0.909. The van der Waals surface area contributed by atoms with Crippen molar-refractivity contribution < 1.29 is 0 Å². The molecule has 0 amide bonds. The van der Waals surface area contributed by atoms with Crippen LogP contribution in [0.15, 0.2) is 42.5 Å². The van der Waals surface area contributed by atoms with E-state index in [0.29, 0.717) is 0 Å². The van der Waals surface area contributed by atoms with E-state index < -0.39 is 0 Å². The fourth-order valence-electron chi connectivity index (χ4n) is 2.48. The quantitative estimate of drug-likeness (QED) is 0.876. The van der Waals surface area contributed by atoms with E-state index in [4.69, 9.17) is 0 Å². The first-order chi connectivity index (χ1) is 9.56. The number of rotatable bonds is 5. The van der Waals surface area contributed by atoms with Crippen LogP contribution in [0.3, 0.4) is 0 Å². The second-order valence-electron chi connectivity index (χ2n) is 5.51. The van der Waals surface area contributed by atoms with E-state index in [9.17, 15) is 0 Å². The number of hydrogen-bond donors (Lipinski definition) is 1. The molecular weight excluding hydrogens is 244 g/mol. The average molecular weight is 268 g/mol. The summed E-state index contributed by atoms with van der Waals surface area (Å²) in [5.74, 6) is 0. The normalized spacial score (nSPS) is 10.4. The molecule has 0 bridgehead atoms. The summed E-state index contributed by atoms with van der Waals surface area (Å²) in [6.45, 7) is 8.35. The summed E-state index contributed by atoms with van der Waals surface area (Å²) in [6, 6.07) is 15.1. The van der Waals surface area contributed by atoms with Gasteiger partial charge in [0.1, 0.15) is 0 Å². The maximum atomic E-state index is 3.48. The standard InChI is InChI=1S/C18H24N2/c1-14-6-5-7-17(13-14)19-10-11-20(4)18-9-8-15(2)12-16(18)3/h5-9,12-13,19H,10-11H2,1-4H3. The summed E-state index contributed by atoms with van der Waals surface area (Å²) in [4.78, 5) is 2.30. The Kier molecular flexibility index (Phi) is 4.67. The highest BCUT2D eigenvalue weighted by Gasteiger charge is 2.04. The van der Waals surface area contributed by atoms with E-state index in [1.807, 2.05) is 0 Å². The van der Waals surface area contributed by atoms with Crippen molar-refractivity contribution >= 4 is 11.4 Å². The third-order valence-electron chi connectivity index (χ3n) is 3.56. The first-order valence-corrected chi connectivity index (χ1v) is 7.15.